The summed E-state index contributed by atoms with van der Waals surface area (Å²) in [4.78, 5) is 12.1. The molecule has 4 rings (SSSR count). The molecule has 0 aliphatic carbocycles. The van der Waals surface area contributed by atoms with E-state index in [0.29, 0.717) is 13.1 Å². The lowest BCUT2D eigenvalue weighted by molar-refractivity contribution is 0.629. The van der Waals surface area contributed by atoms with E-state index in [1.54, 1.807) is 12.1 Å². The number of H-pyrrole nitrogens is 2. The van der Waals surface area contributed by atoms with Gasteiger partial charge in [-0.2, -0.15) is 5.10 Å². The van der Waals surface area contributed by atoms with E-state index >= 15 is 0 Å². The predicted molar refractivity (Wildman–Crippen MR) is 132 cm³/mol. The Kier molecular flexibility index (Phi) is 7.99. The van der Waals surface area contributed by atoms with Crippen LogP contribution in [0.4, 0.5) is 4.39 Å². The third-order valence-corrected chi connectivity index (χ3v) is 4.80. The van der Waals surface area contributed by atoms with Gasteiger partial charge in [0.25, 0.3) is 0 Å². The lowest BCUT2D eigenvalue weighted by atomic mass is 10.1. The zero-order valence-corrected chi connectivity index (χ0v) is 19.5. The molecule has 0 amide bonds. The Morgan fingerprint density at radius 2 is 2.06 bits per heavy atom. The second kappa shape index (κ2) is 10.9. The van der Waals surface area contributed by atoms with Crippen LogP contribution in [0.1, 0.15) is 18.1 Å². The zero-order valence-electron chi connectivity index (χ0n) is 17.2. The molecule has 2 heterocycles. The first kappa shape index (κ1) is 22.7. The molecule has 4 aromatic rings. The van der Waals surface area contributed by atoms with Gasteiger partial charge in [0.15, 0.2) is 11.8 Å². The Hall–Kier alpha value is -2.95. The maximum absolute atomic E-state index is 13.6. The number of fused-ring (bicyclic) bond motifs is 1. The topological polar surface area (TPSA) is 93.8 Å². The van der Waals surface area contributed by atoms with Crippen molar-refractivity contribution < 1.29 is 4.39 Å². The van der Waals surface area contributed by atoms with Gasteiger partial charge in [0.05, 0.1) is 6.54 Å². The van der Waals surface area contributed by atoms with E-state index in [4.69, 9.17) is 0 Å². The van der Waals surface area contributed by atoms with Gasteiger partial charge in [0, 0.05) is 35.8 Å². The quantitative estimate of drug-likeness (QED) is 0.164. The fourth-order valence-corrected chi connectivity index (χ4v) is 3.35. The molecule has 0 saturated heterocycles. The van der Waals surface area contributed by atoms with E-state index in [2.05, 4.69) is 35.8 Å². The fraction of sp³-hybridized carbons (Fsp3) is 0.227. The summed E-state index contributed by atoms with van der Waals surface area (Å²) in [6.07, 6.45) is 4.19. The highest BCUT2D eigenvalue weighted by molar-refractivity contribution is 14.0. The molecule has 2 aromatic heterocycles. The van der Waals surface area contributed by atoms with E-state index in [1.807, 2.05) is 37.4 Å². The molecule has 4 N–H and O–H groups in total. The minimum Gasteiger partial charge on any atom is -0.361 e. The number of hydrogen-bond donors (Lipinski definition) is 4. The second-order valence-corrected chi connectivity index (χ2v) is 6.91. The van der Waals surface area contributed by atoms with E-state index in [9.17, 15) is 4.39 Å². The number of aliphatic imine (C=N–C) groups is 1. The van der Waals surface area contributed by atoms with Gasteiger partial charge >= 0.3 is 0 Å². The summed E-state index contributed by atoms with van der Waals surface area (Å²) in [5.41, 5.74) is 4.07. The number of halogens is 2. The Bertz CT molecular complexity index is 1140. The summed E-state index contributed by atoms with van der Waals surface area (Å²) in [5.74, 6) is 1.26. The van der Waals surface area contributed by atoms with Crippen LogP contribution in [0.15, 0.2) is 60.0 Å². The average molecular weight is 533 g/mol. The lowest BCUT2D eigenvalue weighted by Gasteiger charge is -2.11. The van der Waals surface area contributed by atoms with Gasteiger partial charge in [0.2, 0.25) is 0 Å². The largest absolute Gasteiger partial charge is 0.361 e. The van der Waals surface area contributed by atoms with Crippen molar-refractivity contribution in [3.8, 4) is 11.4 Å². The molecule has 7 nitrogen and oxygen atoms in total. The molecule has 0 bridgehead atoms. The highest BCUT2D eigenvalue weighted by atomic mass is 127. The van der Waals surface area contributed by atoms with Crippen LogP contribution in [0.3, 0.4) is 0 Å². The lowest BCUT2D eigenvalue weighted by Crippen LogP contribution is -2.38. The molecule has 162 valence electrons. The molecule has 9 heteroatoms. The maximum Gasteiger partial charge on any atom is 0.191 e. The van der Waals surface area contributed by atoms with Gasteiger partial charge in [0.1, 0.15) is 12.1 Å². The summed E-state index contributed by atoms with van der Waals surface area (Å²) < 4.78 is 13.6. The molecule has 0 aliphatic rings. The van der Waals surface area contributed by atoms with Crippen LogP contribution in [0.2, 0.25) is 0 Å². The first-order valence-electron chi connectivity index (χ1n) is 9.95. The van der Waals surface area contributed by atoms with Crippen molar-refractivity contribution in [3.63, 3.8) is 0 Å². The molecule has 0 atom stereocenters. The van der Waals surface area contributed by atoms with Gasteiger partial charge in [-0.3, -0.25) is 5.10 Å². The summed E-state index contributed by atoms with van der Waals surface area (Å²) in [5, 5.41) is 14.3. The predicted octanol–water partition coefficient (Wildman–Crippen LogP) is 4.01. The molecule has 0 saturated carbocycles. The molecular formula is C22H25FIN7. The van der Waals surface area contributed by atoms with Gasteiger partial charge in [-0.05, 0) is 48.7 Å². The van der Waals surface area contributed by atoms with Gasteiger partial charge in [-0.25, -0.2) is 14.4 Å². The number of aromatic amines is 2. The van der Waals surface area contributed by atoms with Crippen molar-refractivity contribution in [1.29, 1.82) is 0 Å². The van der Waals surface area contributed by atoms with Gasteiger partial charge in [-0.1, -0.05) is 18.2 Å². The monoisotopic (exact) mass is 533 g/mol. The average Bonchev–Trinajstić information content (AvgIpc) is 3.43. The van der Waals surface area contributed by atoms with Crippen LogP contribution in [-0.2, 0) is 13.0 Å². The molecular weight excluding hydrogens is 508 g/mol. The van der Waals surface area contributed by atoms with Crippen molar-refractivity contribution in [1.82, 2.24) is 30.8 Å². The Labute approximate surface area is 197 Å². The van der Waals surface area contributed by atoms with Crippen molar-refractivity contribution in [2.75, 3.05) is 13.1 Å². The smallest absolute Gasteiger partial charge is 0.191 e. The third-order valence-electron chi connectivity index (χ3n) is 4.80. The van der Waals surface area contributed by atoms with E-state index in [-0.39, 0.29) is 29.8 Å². The van der Waals surface area contributed by atoms with E-state index in [1.165, 1.54) is 12.4 Å². The van der Waals surface area contributed by atoms with E-state index in [0.717, 1.165) is 52.3 Å². The third kappa shape index (κ3) is 5.81. The molecule has 2 aromatic carbocycles. The number of nitrogens with zero attached hydrogens (tertiary/aromatic N) is 3. The maximum atomic E-state index is 13.6. The minimum absolute atomic E-state index is 0. The molecule has 0 unspecified atom stereocenters. The van der Waals surface area contributed by atoms with Crippen LogP contribution < -0.4 is 10.6 Å². The number of guanidine groups is 1. The standard InChI is InChI=1S/C22H24FN7.HI/c1-2-24-22(25-9-8-17-13-26-20-7-6-18(23)11-19(17)20)27-12-15-4-3-5-16(10-15)21-28-14-29-30-21;/h3-7,10-11,13-14,26H,2,8-9,12H2,1H3,(H2,24,25,27)(H,28,29,30);1H. The highest BCUT2D eigenvalue weighted by Crippen LogP contribution is 2.19. The summed E-state index contributed by atoms with van der Waals surface area (Å²) >= 11 is 0. The van der Waals surface area contributed by atoms with Crippen molar-refractivity contribution in [2.24, 2.45) is 4.99 Å². The SMILES string of the molecule is CCNC(=NCc1cccc(-c2ncn[nH]2)c1)NCCc1c[nH]c2ccc(F)cc12.I. The number of hydrogen-bond acceptors (Lipinski definition) is 3. The Balaban J connectivity index is 0.00000272. The summed E-state index contributed by atoms with van der Waals surface area (Å²) in [7, 11) is 0. The fourth-order valence-electron chi connectivity index (χ4n) is 3.35. The normalized spacial score (nSPS) is 11.4. The first-order valence-corrected chi connectivity index (χ1v) is 9.95. The van der Waals surface area contributed by atoms with Gasteiger partial charge < -0.3 is 15.6 Å². The Morgan fingerprint density at radius 3 is 2.87 bits per heavy atom. The summed E-state index contributed by atoms with van der Waals surface area (Å²) in [6.45, 7) is 4.02. The van der Waals surface area contributed by atoms with Crippen LogP contribution >= 0.6 is 24.0 Å². The van der Waals surface area contributed by atoms with Crippen molar-refractivity contribution in [2.45, 2.75) is 19.9 Å². The minimum atomic E-state index is -0.223. The second-order valence-electron chi connectivity index (χ2n) is 6.91. The van der Waals surface area contributed by atoms with Crippen LogP contribution in [0.25, 0.3) is 22.3 Å². The number of rotatable bonds is 7. The van der Waals surface area contributed by atoms with E-state index < -0.39 is 0 Å². The van der Waals surface area contributed by atoms with Crippen LogP contribution in [0, 0.1) is 5.82 Å². The zero-order chi connectivity index (χ0) is 20.8. The van der Waals surface area contributed by atoms with Crippen LogP contribution in [0.5, 0.6) is 0 Å². The first-order chi connectivity index (χ1) is 14.7. The van der Waals surface area contributed by atoms with Crippen LogP contribution in [-0.4, -0.2) is 39.2 Å². The number of nitrogens with one attached hydrogen (secondary N) is 4. The molecule has 31 heavy (non-hydrogen) atoms. The number of benzene rings is 2. The molecule has 0 spiro atoms. The Morgan fingerprint density at radius 1 is 1.16 bits per heavy atom. The summed E-state index contributed by atoms with van der Waals surface area (Å²) in [6, 6.07) is 12.9. The van der Waals surface area contributed by atoms with Crippen molar-refractivity contribution >= 4 is 40.8 Å². The number of aromatic nitrogens is 4. The van der Waals surface area contributed by atoms with Crippen molar-refractivity contribution in [3.05, 3.63) is 71.9 Å². The molecule has 0 radical (unpaired) electrons. The molecule has 0 fully saturated rings. The molecule has 0 aliphatic heterocycles. The van der Waals surface area contributed by atoms with Gasteiger partial charge in [-0.15, -0.1) is 24.0 Å². The highest BCUT2D eigenvalue weighted by Gasteiger charge is 2.06.